The monoisotopic (exact) mass is 253 g/mol. The third kappa shape index (κ3) is 1.85. The molecule has 4 nitrogen and oxygen atoms in total. The fourth-order valence-electron chi connectivity index (χ4n) is 2.29. The molecule has 0 radical (unpaired) electrons. The highest BCUT2D eigenvalue weighted by Gasteiger charge is 2.24. The van der Waals surface area contributed by atoms with Crippen LogP contribution in [0.2, 0.25) is 0 Å². The van der Waals surface area contributed by atoms with Crippen molar-refractivity contribution in [1.29, 1.82) is 0 Å². The van der Waals surface area contributed by atoms with E-state index in [9.17, 15) is 0 Å². The van der Waals surface area contributed by atoms with Crippen LogP contribution in [-0.2, 0) is 14.1 Å². The summed E-state index contributed by atoms with van der Waals surface area (Å²) in [6.07, 6.45) is 5.93. The van der Waals surface area contributed by atoms with E-state index in [1.807, 2.05) is 42.2 Å². The topological polar surface area (TPSA) is 26.6 Å². The highest BCUT2D eigenvalue weighted by Crippen LogP contribution is 2.16. The van der Waals surface area contributed by atoms with Crippen molar-refractivity contribution in [3.8, 4) is 17.3 Å². The smallest absolute Gasteiger partial charge is 0.328 e. The van der Waals surface area contributed by atoms with Crippen LogP contribution in [0.25, 0.3) is 17.3 Å². The molecule has 0 amide bonds. The Labute approximate surface area is 112 Å². The fraction of sp³-hybridized carbons (Fsp3) is 0.200. The maximum Gasteiger partial charge on any atom is 0.330 e. The number of nitrogens with zero attached hydrogens (tertiary/aromatic N) is 4. The van der Waals surface area contributed by atoms with Crippen molar-refractivity contribution in [3.63, 3.8) is 0 Å². The van der Waals surface area contributed by atoms with Gasteiger partial charge in [-0.15, -0.1) is 0 Å². The van der Waals surface area contributed by atoms with Gasteiger partial charge in [-0.2, -0.15) is 4.57 Å². The van der Waals surface area contributed by atoms with Crippen LogP contribution in [0.3, 0.4) is 0 Å². The molecule has 4 heteroatoms. The molecule has 1 aromatic carbocycles. The first-order chi connectivity index (χ1) is 9.18. The number of benzene rings is 1. The zero-order valence-electron chi connectivity index (χ0n) is 11.4. The Morgan fingerprint density at radius 2 is 1.84 bits per heavy atom. The first-order valence-electron chi connectivity index (χ1n) is 6.29. The maximum atomic E-state index is 4.47. The maximum absolute atomic E-state index is 4.47. The molecule has 2 heterocycles. The molecule has 0 bridgehead atoms. The van der Waals surface area contributed by atoms with E-state index in [1.165, 1.54) is 5.69 Å². The SMILES string of the molecule is Cc1c[n+](-c2ccccc2)c(-c2nccn2C)n1C. The van der Waals surface area contributed by atoms with E-state index >= 15 is 0 Å². The highest BCUT2D eigenvalue weighted by atomic mass is 15.2. The number of rotatable bonds is 2. The summed E-state index contributed by atoms with van der Waals surface area (Å²) in [4.78, 5) is 4.47. The van der Waals surface area contributed by atoms with Gasteiger partial charge in [0, 0.05) is 26.4 Å². The lowest BCUT2D eigenvalue weighted by molar-refractivity contribution is -0.583. The molecule has 0 aliphatic carbocycles. The van der Waals surface area contributed by atoms with Crippen LogP contribution in [0.5, 0.6) is 0 Å². The Hall–Kier alpha value is -2.36. The van der Waals surface area contributed by atoms with Crippen LogP contribution in [0.15, 0.2) is 48.9 Å². The van der Waals surface area contributed by atoms with Gasteiger partial charge in [-0.1, -0.05) is 18.2 Å². The van der Waals surface area contributed by atoms with Crippen molar-refractivity contribution in [2.24, 2.45) is 14.1 Å². The molecule has 0 unspecified atom stereocenters. The van der Waals surface area contributed by atoms with Gasteiger partial charge in [0.15, 0.2) is 0 Å². The molecule has 2 aromatic heterocycles. The second kappa shape index (κ2) is 4.39. The van der Waals surface area contributed by atoms with Crippen LogP contribution < -0.4 is 4.57 Å². The van der Waals surface area contributed by atoms with Gasteiger partial charge in [0.1, 0.15) is 17.6 Å². The van der Waals surface area contributed by atoms with Crippen molar-refractivity contribution < 1.29 is 4.57 Å². The molecule has 0 saturated carbocycles. The second-order valence-corrected chi connectivity index (χ2v) is 4.72. The minimum Gasteiger partial charge on any atom is -0.328 e. The van der Waals surface area contributed by atoms with Crippen molar-refractivity contribution >= 4 is 0 Å². The Morgan fingerprint density at radius 3 is 2.47 bits per heavy atom. The van der Waals surface area contributed by atoms with E-state index in [0.717, 1.165) is 17.3 Å². The molecule has 3 rings (SSSR count). The van der Waals surface area contributed by atoms with Crippen molar-refractivity contribution in [2.75, 3.05) is 0 Å². The second-order valence-electron chi connectivity index (χ2n) is 4.72. The summed E-state index contributed by atoms with van der Waals surface area (Å²) in [5, 5.41) is 0. The summed E-state index contributed by atoms with van der Waals surface area (Å²) >= 11 is 0. The van der Waals surface area contributed by atoms with Crippen LogP contribution >= 0.6 is 0 Å². The first kappa shape index (κ1) is 11.7. The molecule has 0 atom stereocenters. The summed E-state index contributed by atoms with van der Waals surface area (Å²) < 4.78 is 6.38. The number of aryl methyl sites for hydroxylation is 2. The molecule has 0 fully saturated rings. The quantitative estimate of drug-likeness (QED) is 0.642. The lowest BCUT2D eigenvalue weighted by Gasteiger charge is -2.02. The number of imidazole rings is 2. The van der Waals surface area contributed by atoms with Crippen molar-refractivity contribution in [2.45, 2.75) is 6.92 Å². The minimum absolute atomic E-state index is 0.958. The van der Waals surface area contributed by atoms with E-state index in [4.69, 9.17) is 0 Å². The van der Waals surface area contributed by atoms with E-state index < -0.39 is 0 Å². The van der Waals surface area contributed by atoms with E-state index in [0.29, 0.717) is 0 Å². The van der Waals surface area contributed by atoms with E-state index in [2.05, 4.69) is 46.4 Å². The van der Waals surface area contributed by atoms with Gasteiger partial charge in [-0.3, -0.25) is 0 Å². The zero-order chi connectivity index (χ0) is 13.4. The highest BCUT2D eigenvalue weighted by molar-refractivity contribution is 5.43. The van der Waals surface area contributed by atoms with E-state index in [-0.39, 0.29) is 0 Å². The summed E-state index contributed by atoms with van der Waals surface area (Å²) in [7, 11) is 4.08. The number of hydrogen-bond acceptors (Lipinski definition) is 1. The Kier molecular flexibility index (Phi) is 2.71. The van der Waals surface area contributed by atoms with Gasteiger partial charge in [0.05, 0.1) is 7.05 Å². The molecule has 0 spiro atoms. The summed E-state index contributed by atoms with van der Waals surface area (Å²) in [6.45, 7) is 2.10. The van der Waals surface area contributed by atoms with Crippen LogP contribution in [0.1, 0.15) is 5.69 Å². The van der Waals surface area contributed by atoms with Crippen LogP contribution in [0.4, 0.5) is 0 Å². The van der Waals surface area contributed by atoms with Gasteiger partial charge >= 0.3 is 5.82 Å². The third-order valence-electron chi connectivity index (χ3n) is 3.45. The molecule has 96 valence electrons. The van der Waals surface area contributed by atoms with Crippen LogP contribution in [-0.4, -0.2) is 14.1 Å². The Bertz CT molecular complexity index is 707. The Balaban J connectivity index is 2.28. The molecule has 0 N–H and O–H groups in total. The lowest BCUT2D eigenvalue weighted by Crippen LogP contribution is -2.32. The van der Waals surface area contributed by atoms with Crippen LogP contribution in [0, 0.1) is 6.92 Å². The first-order valence-corrected chi connectivity index (χ1v) is 6.29. The number of aromatic nitrogens is 4. The fourth-order valence-corrected chi connectivity index (χ4v) is 2.29. The minimum atomic E-state index is 0.958. The predicted octanol–water partition coefficient (Wildman–Crippen LogP) is 2.01. The average Bonchev–Trinajstić information content (AvgIpc) is 2.96. The largest absolute Gasteiger partial charge is 0.330 e. The lowest BCUT2D eigenvalue weighted by atomic mass is 10.3. The number of para-hydroxylation sites is 1. The zero-order valence-corrected chi connectivity index (χ0v) is 11.4. The molecular weight excluding hydrogens is 236 g/mol. The van der Waals surface area contributed by atoms with Crippen molar-refractivity contribution in [1.82, 2.24) is 14.1 Å². The van der Waals surface area contributed by atoms with Gasteiger partial charge in [0.25, 0.3) is 0 Å². The van der Waals surface area contributed by atoms with Gasteiger partial charge in [-0.25, -0.2) is 9.55 Å². The normalized spacial score (nSPS) is 10.9. The number of hydrogen-bond donors (Lipinski definition) is 0. The molecule has 3 aromatic rings. The average molecular weight is 253 g/mol. The van der Waals surface area contributed by atoms with Gasteiger partial charge in [0.2, 0.25) is 5.82 Å². The molecule has 0 aliphatic rings. The third-order valence-corrected chi connectivity index (χ3v) is 3.45. The van der Waals surface area contributed by atoms with Gasteiger partial charge in [-0.05, 0) is 12.1 Å². The molecular formula is C15H17N4+. The summed E-state index contributed by atoms with van der Waals surface area (Å²) in [5.74, 6) is 2.04. The molecule has 0 aliphatic heterocycles. The standard InChI is InChI=1S/C15H17N4/c1-12-11-19(13-7-5-4-6-8-13)15(18(12)3)14-16-9-10-17(14)2/h4-11H,1-3H3/q+1. The van der Waals surface area contributed by atoms with Gasteiger partial charge < -0.3 is 4.57 Å². The molecule has 0 saturated heterocycles. The summed E-state index contributed by atoms with van der Waals surface area (Å²) in [6, 6.07) is 10.3. The van der Waals surface area contributed by atoms with Crippen molar-refractivity contribution in [3.05, 3.63) is 54.6 Å². The molecule has 19 heavy (non-hydrogen) atoms. The summed E-state index contributed by atoms with van der Waals surface area (Å²) in [5.41, 5.74) is 2.34. The Morgan fingerprint density at radius 1 is 1.11 bits per heavy atom. The van der Waals surface area contributed by atoms with E-state index in [1.54, 1.807) is 0 Å². The predicted molar refractivity (Wildman–Crippen MR) is 73.9 cm³/mol.